The molecule has 3 aromatic rings. The van der Waals surface area contributed by atoms with E-state index in [-0.39, 0.29) is 16.5 Å². The fraction of sp³-hybridized carbons (Fsp3) is 0.269. The Morgan fingerprint density at radius 1 is 1.14 bits per heavy atom. The molecule has 0 saturated carbocycles. The smallest absolute Gasteiger partial charge is 0.320 e. The zero-order valence-corrected chi connectivity index (χ0v) is 21.2. The Labute approximate surface area is 218 Å². The Balaban J connectivity index is 1.86. The molecule has 1 aliphatic rings. The molecule has 0 spiro atoms. The van der Waals surface area contributed by atoms with Crippen molar-refractivity contribution in [3.63, 3.8) is 0 Å². The fourth-order valence-electron chi connectivity index (χ4n) is 4.30. The van der Waals surface area contributed by atoms with Gasteiger partial charge in [-0.25, -0.2) is 4.39 Å². The lowest BCUT2D eigenvalue weighted by Gasteiger charge is -2.35. The number of methoxy groups -OCH3 is 2. The molecule has 7 nitrogen and oxygen atoms in total. The number of halogens is 3. The Morgan fingerprint density at radius 2 is 1.83 bits per heavy atom. The van der Waals surface area contributed by atoms with Crippen LogP contribution in [-0.4, -0.2) is 44.5 Å². The first kappa shape index (κ1) is 25.9. The quantitative estimate of drug-likeness (QED) is 0.411. The van der Waals surface area contributed by atoms with Crippen molar-refractivity contribution in [3.8, 4) is 28.4 Å². The summed E-state index contributed by atoms with van der Waals surface area (Å²) < 4.78 is 30.8. The molecule has 190 valence electrons. The number of benzene rings is 3. The molecule has 1 heterocycles. The van der Waals surface area contributed by atoms with Gasteiger partial charge in [0.05, 0.1) is 36.5 Å². The van der Waals surface area contributed by atoms with Crippen LogP contribution in [0.5, 0.6) is 17.2 Å². The molecule has 0 amide bonds. The van der Waals surface area contributed by atoms with Crippen molar-refractivity contribution in [1.29, 1.82) is 0 Å². The first-order valence-electron chi connectivity index (χ1n) is 11.1. The second-order valence-electron chi connectivity index (χ2n) is 8.30. The molecule has 1 aliphatic heterocycles. The minimum atomic E-state index is -1.12. The molecule has 36 heavy (non-hydrogen) atoms. The highest BCUT2D eigenvalue weighted by Crippen LogP contribution is 2.48. The number of nitrogens with two attached hydrogens (primary N) is 1. The Morgan fingerprint density at radius 3 is 2.47 bits per heavy atom. The van der Waals surface area contributed by atoms with Gasteiger partial charge in [-0.3, -0.25) is 4.79 Å². The first-order chi connectivity index (χ1) is 17.2. The molecular formula is C26H25Cl2FN2O5. The number of aliphatic carboxylic acids is 1. The van der Waals surface area contributed by atoms with Crippen molar-refractivity contribution in [2.24, 2.45) is 5.73 Å². The van der Waals surface area contributed by atoms with Crippen LogP contribution in [0.15, 0.2) is 42.5 Å². The number of rotatable bonds is 8. The van der Waals surface area contributed by atoms with Gasteiger partial charge in [0.1, 0.15) is 24.2 Å². The van der Waals surface area contributed by atoms with Crippen LogP contribution in [0, 0.1) is 5.82 Å². The largest absolute Gasteiger partial charge is 0.493 e. The maximum absolute atomic E-state index is 13.9. The van der Waals surface area contributed by atoms with Gasteiger partial charge in [-0.2, -0.15) is 0 Å². The maximum atomic E-state index is 13.9. The van der Waals surface area contributed by atoms with Crippen molar-refractivity contribution in [3.05, 3.63) is 69.5 Å². The second-order valence-corrected chi connectivity index (χ2v) is 9.12. The van der Waals surface area contributed by atoms with Gasteiger partial charge < -0.3 is 30.0 Å². The molecule has 10 heteroatoms. The molecule has 0 aromatic heterocycles. The number of carbonyl (C=O) groups is 1. The number of carboxylic acid groups (broad SMARTS) is 1. The van der Waals surface area contributed by atoms with Crippen LogP contribution in [0.4, 0.5) is 10.1 Å². The van der Waals surface area contributed by atoms with Crippen LogP contribution in [-0.2, 0) is 17.8 Å². The Bertz CT molecular complexity index is 1280. The summed E-state index contributed by atoms with van der Waals surface area (Å²) in [5, 5.41) is 9.64. The average molecular weight is 535 g/mol. The van der Waals surface area contributed by atoms with Gasteiger partial charge in [0.2, 0.25) is 0 Å². The molecule has 3 N–H and O–H groups in total. The number of nitrogens with zero attached hydrogens (tertiary/aromatic N) is 1. The summed E-state index contributed by atoms with van der Waals surface area (Å²) in [6.07, 6.45) is 0.0625. The van der Waals surface area contributed by atoms with E-state index in [1.807, 2.05) is 18.2 Å². The number of hydrogen-bond acceptors (Lipinski definition) is 6. The number of ether oxygens (including phenoxy) is 3. The monoisotopic (exact) mass is 534 g/mol. The van der Waals surface area contributed by atoms with Gasteiger partial charge in [-0.1, -0.05) is 41.4 Å². The van der Waals surface area contributed by atoms with Crippen molar-refractivity contribution in [2.45, 2.75) is 19.0 Å². The van der Waals surface area contributed by atoms with Crippen molar-refractivity contribution in [1.82, 2.24) is 0 Å². The molecule has 1 atom stereocenters. The van der Waals surface area contributed by atoms with E-state index in [0.29, 0.717) is 59.3 Å². The van der Waals surface area contributed by atoms with Gasteiger partial charge in [-0.05, 0) is 35.4 Å². The van der Waals surface area contributed by atoms with Crippen molar-refractivity contribution in [2.75, 3.05) is 32.3 Å². The highest BCUT2D eigenvalue weighted by molar-refractivity contribution is 6.39. The maximum Gasteiger partial charge on any atom is 0.320 e. The normalized spacial score (nSPS) is 13.6. The van der Waals surface area contributed by atoms with Gasteiger partial charge in [0.25, 0.3) is 0 Å². The van der Waals surface area contributed by atoms with Crippen LogP contribution >= 0.6 is 23.2 Å². The van der Waals surface area contributed by atoms with Gasteiger partial charge >= 0.3 is 5.97 Å². The summed E-state index contributed by atoms with van der Waals surface area (Å²) in [5.74, 6) is 0.0292. The van der Waals surface area contributed by atoms with Crippen molar-refractivity contribution >= 4 is 34.9 Å². The summed E-state index contributed by atoms with van der Waals surface area (Å²) >= 11 is 12.9. The fourth-order valence-corrected chi connectivity index (χ4v) is 4.97. The number of carboxylic acids is 1. The predicted molar refractivity (Wildman–Crippen MR) is 137 cm³/mol. The number of hydrogen-bond donors (Lipinski definition) is 2. The molecule has 3 aromatic carbocycles. The zero-order chi connectivity index (χ0) is 26.0. The van der Waals surface area contributed by atoms with E-state index >= 15 is 0 Å². The third-order valence-corrected chi connectivity index (χ3v) is 6.59. The molecule has 0 aliphatic carbocycles. The first-order valence-corrected chi connectivity index (χ1v) is 11.9. The lowest BCUT2D eigenvalue weighted by Crippen LogP contribution is -2.35. The highest BCUT2D eigenvalue weighted by Gasteiger charge is 2.29. The van der Waals surface area contributed by atoms with Gasteiger partial charge in [0, 0.05) is 24.1 Å². The van der Waals surface area contributed by atoms with Crippen LogP contribution in [0.1, 0.15) is 11.1 Å². The average Bonchev–Trinajstić information content (AvgIpc) is 2.84. The van der Waals surface area contributed by atoms with E-state index in [1.165, 1.54) is 12.1 Å². The summed E-state index contributed by atoms with van der Waals surface area (Å²) in [4.78, 5) is 13.5. The highest BCUT2D eigenvalue weighted by atomic mass is 35.5. The summed E-state index contributed by atoms with van der Waals surface area (Å²) in [7, 11) is 3.14. The van der Waals surface area contributed by atoms with Crippen LogP contribution < -0.4 is 24.8 Å². The van der Waals surface area contributed by atoms with E-state index in [9.17, 15) is 14.3 Å². The predicted octanol–water partition coefficient (Wildman–Crippen LogP) is 5.17. The van der Waals surface area contributed by atoms with Gasteiger partial charge in [-0.15, -0.1) is 0 Å². The lowest BCUT2D eigenvalue weighted by atomic mass is 9.95. The molecule has 1 unspecified atom stereocenters. The van der Waals surface area contributed by atoms with E-state index in [4.69, 9.17) is 43.1 Å². The van der Waals surface area contributed by atoms with Gasteiger partial charge in [0.15, 0.2) is 11.5 Å². The lowest BCUT2D eigenvalue weighted by molar-refractivity contribution is -0.138. The number of anilines is 1. The third kappa shape index (κ3) is 5.16. The molecule has 0 fully saturated rings. The molecule has 4 rings (SSSR count). The van der Waals surface area contributed by atoms with E-state index in [0.717, 1.165) is 5.56 Å². The summed E-state index contributed by atoms with van der Waals surface area (Å²) in [6.45, 7) is 1.36. The molecule has 0 bridgehead atoms. The van der Waals surface area contributed by atoms with E-state index in [2.05, 4.69) is 4.90 Å². The third-order valence-electron chi connectivity index (χ3n) is 5.99. The zero-order valence-electron chi connectivity index (χ0n) is 19.7. The standard InChI is InChI=1S/C26H25Cl2FN2O5/c1-34-21-6-3-14(9-22(21)35-2)13-31-7-8-36-25-15(10-20(30)26(32)33)4-5-17(24(25)31)23-18(27)11-16(29)12-19(23)28/h3-6,9,11-12,20H,7-8,10,13,30H2,1-2H3,(H,32,33). The van der Waals surface area contributed by atoms with E-state index in [1.54, 1.807) is 26.4 Å². The minimum absolute atomic E-state index is 0.0625. The van der Waals surface area contributed by atoms with E-state index < -0.39 is 17.8 Å². The Kier molecular flexibility index (Phi) is 7.78. The van der Waals surface area contributed by atoms with Crippen LogP contribution in [0.25, 0.3) is 11.1 Å². The topological polar surface area (TPSA) is 94.2 Å². The van der Waals surface area contributed by atoms with Crippen molar-refractivity contribution < 1.29 is 28.5 Å². The molecular weight excluding hydrogens is 510 g/mol. The summed E-state index contributed by atoms with van der Waals surface area (Å²) in [6, 6.07) is 10.5. The number of fused-ring (bicyclic) bond motifs is 1. The minimum Gasteiger partial charge on any atom is -0.493 e. The second kappa shape index (κ2) is 10.8. The SMILES string of the molecule is COc1ccc(CN2CCOc3c(CC(N)C(=O)O)ccc(-c4c(Cl)cc(F)cc4Cl)c32)cc1OC. The molecule has 0 saturated heterocycles. The Hall–Kier alpha value is -3.20. The van der Waals surface area contributed by atoms with Crippen LogP contribution in [0.2, 0.25) is 10.0 Å². The molecule has 0 radical (unpaired) electrons. The van der Waals surface area contributed by atoms with Crippen LogP contribution in [0.3, 0.4) is 0 Å². The summed E-state index contributed by atoms with van der Waals surface area (Å²) in [5.41, 5.74) is 9.16.